The topological polar surface area (TPSA) is 114 Å². The van der Waals surface area contributed by atoms with Crippen molar-refractivity contribution in [3.8, 4) is 11.5 Å². The zero-order chi connectivity index (χ0) is 29.9. The predicted molar refractivity (Wildman–Crippen MR) is 158 cm³/mol. The second-order valence-electron chi connectivity index (χ2n) is 12.4. The van der Waals surface area contributed by atoms with E-state index < -0.39 is 11.9 Å². The summed E-state index contributed by atoms with van der Waals surface area (Å²) in [4.78, 5) is 39.0. The number of nitrogens with zero attached hydrogens (tertiary/aromatic N) is 5. The van der Waals surface area contributed by atoms with Crippen LogP contribution in [0.25, 0.3) is 0 Å². The van der Waals surface area contributed by atoms with Crippen LogP contribution in [0, 0.1) is 23.1 Å². The number of primary amides is 1. The first-order valence-corrected chi connectivity index (χ1v) is 15.2. The first kappa shape index (κ1) is 30.0. The van der Waals surface area contributed by atoms with Crippen LogP contribution < -0.4 is 20.3 Å². The van der Waals surface area contributed by atoms with Gasteiger partial charge in [0.15, 0.2) is 17.3 Å². The quantitative estimate of drug-likeness (QED) is 0.441. The second-order valence-corrected chi connectivity index (χ2v) is 12.4. The van der Waals surface area contributed by atoms with E-state index >= 15 is 0 Å². The molecular formula is C31H43FN6O4. The van der Waals surface area contributed by atoms with Crippen LogP contribution in [0.4, 0.5) is 20.7 Å². The molecule has 10 nitrogen and oxygen atoms in total. The number of carbonyl (C=O) groups excluding carboxylic acids is 2. The third-order valence-corrected chi connectivity index (χ3v) is 9.03. The van der Waals surface area contributed by atoms with Crippen LogP contribution in [0.3, 0.4) is 0 Å². The minimum atomic E-state index is -0.670. The van der Waals surface area contributed by atoms with Gasteiger partial charge in [-0.3, -0.25) is 4.79 Å². The average Bonchev–Trinajstić information content (AvgIpc) is 2.95. The van der Waals surface area contributed by atoms with E-state index in [1.165, 1.54) is 18.5 Å². The smallest absolute Gasteiger partial charge is 0.404 e. The van der Waals surface area contributed by atoms with Gasteiger partial charge in [-0.2, -0.15) is 0 Å². The maximum absolute atomic E-state index is 14.3. The van der Waals surface area contributed by atoms with Crippen molar-refractivity contribution in [2.24, 2.45) is 23.0 Å². The van der Waals surface area contributed by atoms with Gasteiger partial charge in [0.05, 0.1) is 11.9 Å². The Labute approximate surface area is 247 Å². The number of aromatic nitrogens is 2. The van der Waals surface area contributed by atoms with E-state index in [1.54, 1.807) is 17.2 Å². The number of carbonyl (C=O) groups is 2. The van der Waals surface area contributed by atoms with Crippen molar-refractivity contribution in [3.63, 3.8) is 0 Å². The van der Waals surface area contributed by atoms with Crippen molar-refractivity contribution in [3.05, 3.63) is 36.5 Å². The first-order valence-electron chi connectivity index (χ1n) is 15.2. The fraction of sp³-hybridized carbons (Fsp3) is 0.613. The molecule has 0 atom stereocenters. The normalized spacial score (nSPS) is 22.1. The van der Waals surface area contributed by atoms with Gasteiger partial charge >= 0.3 is 6.09 Å². The number of halogens is 1. The molecule has 2 aliphatic heterocycles. The molecule has 2 amide bonds. The van der Waals surface area contributed by atoms with Crippen LogP contribution >= 0.6 is 0 Å². The SMILES string of the molecule is CCN(C(=O)C(C)C)c1cc(F)ccc1Oc1cncnc1N1CC2(CCN(C[C@H]3CC[C@H](OC(N)=O)CC3)CC2)C1. The molecule has 0 bridgehead atoms. The number of rotatable bonds is 9. The van der Waals surface area contributed by atoms with Gasteiger partial charge in [0, 0.05) is 43.6 Å². The summed E-state index contributed by atoms with van der Waals surface area (Å²) in [5, 5.41) is 0. The zero-order valence-electron chi connectivity index (χ0n) is 24.9. The van der Waals surface area contributed by atoms with Crippen LogP contribution in [0.5, 0.6) is 11.5 Å². The third-order valence-electron chi connectivity index (χ3n) is 9.03. The Morgan fingerprint density at radius 3 is 2.50 bits per heavy atom. The molecule has 2 saturated heterocycles. The Hall–Kier alpha value is -3.47. The second kappa shape index (κ2) is 12.8. The van der Waals surface area contributed by atoms with Crippen molar-refractivity contribution in [2.75, 3.05) is 49.1 Å². The highest BCUT2D eigenvalue weighted by atomic mass is 19.1. The molecule has 228 valence electrons. The number of hydrogen-bond acceptors (Lipinski definition) is 8. The highest BCUT2D eigenvalue weighted by molar-refractivity contribution is 5.96. The molecule has 5 rings (SSSR count). The van der Waals surface area contributed by atoms with Crippen molar-refractivity contribution >= 4 is 23.5 Å². The van der Waals surface area contributed by atoms with Crippen LogP contribution in [0.15, 0.2) is 30.7 Å². The monoisotopic (exact) mass is 582 g/mol. The zero-order valence-corrected chi connectivity index (χ0v) is 24.9. The Morgan fingerprint density at radius 1 is 1.14 bits per heavy atom. The Kier molecular flexibility index (Phi) is 9.15. The van der Waals surface area contributed by atoms with Crippen LogP contribution in [-0.4, -0.2) is 72.2 Å². The number of benzene rings is 1. The van der Waals surface area contributed by atoms with Gasteiger partial charge in [0.1, 0.15) is 18.2 Å². The summed E-state index contributed by atoms with van der Waals surface area (Å²) in [5.41, 5.74) is 5.83. The van der Waals surface area contributed by atoms with Gasteiger partial charge in [-0.1, -0.05) is 13.8 Å². The molecular weight excluding hydrogens is 539 g/mol. The van der Waals surface area contributed by atoms with E-state index in [-0.39, 0.29) is 23.3 Å². The lowest BCUT2D eigenvalue weighted by molar-refractivity contribution is -0.121. The molecule has 1 aliphatic carbocycles. The van der Waals surface area contributed by atoms with Gasteiger partial charge in [0.25, 0.3) is 0 Å². The van der Waals surface area contributed by atoms with Crippen LogP contribution in [0.1, 0.15) is 59.3 Å². The molecule has 3 heterocycles. The lowest BCUT2D eigenvalue weighted by Gasteiger charge is -2.54. The van der Waals surface area contributed by atoms with Gasteiger partial charge in [-0.15, -0.1) is 0 Å². The molecule has 3 fully saturated rings. The van der Waals surface area contributed by atoms with Crippen LogP contribution in [-0.2, 0) is 9.53 Å². The number of anilines is 2. The van der Waals surface area contributed by atoms with E-state index in [0.29, 0.717) is 35.5 Å². The van der Waals surface area contributed by atoms with Crippen molar-refractivity contribution < 1.29 is 23.5 Å². The van der Waals surface area contributed by atoms with Gasteiger partial charge in [-0.25, -0.2) is 19.2 Å². The maximum atomic E-state index is 14.3. The molecule has 2 N–H and O–H groups in total. The van der Waals surface area contributed by atoms with Crippen molar-refractivity contribution in [2.45, 2.75) is 65.4 Å². The summed E-state index contributed by atoms with van der Waals surface area (Å²) in [6, 6.07) is 4.24. The summed E-state index contributed by atoms with van der Waals surface area (Å²) in [6.07, 6.45) is 8.66. The van der Waals surface area contributed by atoms with E-state index in [0.717, 1.165) is 71.2 Å². The van der Waals surface area contributed by atoms with Crippen molar-refractivity contribution in [1.82, 2.24) is 14.9 Å². The third kappa shape index (κ3) is 6.77. The molecule has 0 unspecified atom stereocenters. The van der Waals surface area contributed by atoms with E-state index in [1.807, 2.05) is 20.8 Å². The summed E-state index contributed by atoms with van der Waals surface area (Å²) >= 11 is 0. The molecule has 11 heteroatoms. The highest BCUT2D eigenvalue weighted by Gasteiger charge is 2.46. The van der Waals surface area contributed by atoms with Gasteiger partial charge in [0.2, 0.25) is 5.91 Å². The number of hydrogen-bond donors (Lipinski definition) is 1. The minimum absolute atomic E-state index is 0.0252. The lowest BCUT2D eigenvalue weighted by Crippen LogP contribution is -2.61. The Balaban J connectivity index is 1.18. The summed E-state index contributed by atoms with van der Waals surface area (Å²) in [7, 11) is 0. The molecule has 3 aliphatic rings. The fourth-order valence-corrected chi connectivity index (χ4v) is 6.68. The summed E-state index contributed by atoms with van der Waals surface area (Å²) in [5.74, 6) is 1.46. The molecule has 0 radical (unpaired) electrons. The fourth-order valence-electron chi connectivity index (χ4n) is 6.68. The molecule has 1 aromatic heterocycles. The molecule has 1 spiro atoms. The minimum Gasteiger partial charge on any atom is -0.450 e. The number of amides is 2. The largest absolute Gasteiger partial charge is 0.450 e. The number of ether oxygens (including phenoxy) is 2. The standard InChI is InChI=1S/C31H43FN6O4/c1-4-38(29(39)21(2)3)25-15-23(32)7-10-26(25)42-27-16-34-20-35-28(27)37-18-31(19-37)11-13-36(14-12-31)17-22-5-8-24(9-6-22)41-30(33)40/h7,10,15-16,20-22,24H,4-6,8-9,11-14,17-19H2,1-3H3,(H2,33,40)/t22-,24-. The number of likely N-dealkylation sites (tertiary alicyclic amines) is 1. The Morgan fingerprint density at radius 2 is 1.86 bits per heavy atom. The average molecular weight is 583 g/mol. The van der Waals surface area contributed by atoms with E-state index in [4.69, 9.17) is 15.2 Å². The summed E-state index contributed by atoms with van der Waals surface area (Å²) in [6.45, 7) is 11.0. The van der Waals surface area contributed by atoms with Crippen LogP contribution in [0.2, 0.25) is 0 Å². The number of piperidine rings is 1. The predicted octanol–water partition coefficient (Wildman–Crippen LogP) is 4.97. The molecule has 42 heavy (non-hydrogen) atoms. The van der Waals surface area contributed by atoms with Gasteiger partial charge < -0.3 is 29.9 Å². The van der Waals surface area contributed by atoms with E-state index in [2.05, 4.69) is 19.8 Å². The number of nitrogens with two attached hydrogens (primary N) is 1. The maximum Gasteiger partial charge on any atom is 0.404 e. The summed E-state index contributed by atoms with van der Waals surface area (Å²) < 4.78 is 25.8. The Bertz CT molecular complexity index is 1250. The molecule has 1 aromatic carbocycles. The lowest BCUT2D eigenvalue weighted by atomic mass is 9.71. The van der Waals surface area contributed by atoms with Gasteiger partial charge in [-0.05, 0) is 76.6 Å². The highest BCUT2D eigenvalue weighted by Crippen LogP contribution is 2.45. The molecule has 2 aromatic rings. The van der Waals surface area contributed by atoms with E-state index in [9.17, 15) is 14.0 Å². The molecule has 1 saturated carbocycles. The first-order chi connectivity index (χ1) is 20.2. The van der Waals surface area contributed by atoms with Crippen molar-refractivity contribution in [1.29, 1.82) is 0 Å².